The highest BCUT2D eigenvalue weighted by molar-refractivity contribution is 5.92. The van der Waals surface area contributed by atoms with Crippen LogP contribution in [0.5, 0.6) is 11.5 Å². The molecule has 2 aliphatic carbocycles. The predicted molar refractivity (Wildman–Crippen MR) is 407 cm³/mol. The van der Waals surface area contributed by atoms with Gasteiger partial charge in [0.15, 0.2) is 0 Å². The van der Waals surface area contributed by atoms with E-state index in [2.05, 4.69) is 377 Å². The monoisotopic (exact) mass is 1260 g/mol. The molecule has 470 valence electrons. The third kappa shape index (κ3) is 10.7. The maximum absolute atomic E-state index is 6.44. The fourth-order valence-electron chi connectivity index (χ4n) is 15.4. The van der Waals surface area contributed by atoms with Crippen molar-refractivity contribution >= 4 is 46.3 Å². The van der Waals surface area contributed by atoms with Gasteiger partial charge in [-0.25, -0.2) is 0 Å². The molecule has 0 bridgehead atoms. The smallest absolute Gasteiger partial charge is 0.119 e. The number of nitrogens with zero attached hydrogens (tertiary/aromatic N) is 2. The number of anilines is 6. The molecule has 0 saturated carbocycles. The predicted octanol–water partition coefficient (Wildman–Crippen LogP) is 24.1. The quantitative estimate of drug-likeness (QED) is 0.0806. The third-order valence-electron chi connectivity index (χ3n) is 20.1. The van der Waals surface area contributed by atoms with Gasteiger partial charge in [0.05, 0.1) is 10.8 Å². The van der Waals surface area contributed by atoms with E-state index < -0.39 is 10.8 Å². The molecule has 2 atom stereocenters. The molecule has 0 N–H and O–H groups in total. The Balaban J connectivity index is 0.754. The van der Waals surface area contributed by atoms with Crippen molar-refractivity contribution in [1.29, 1.82) is 0 Å². The zero-order chi connectivity index (χ0) is 66.2. The van der Waals surface area contributed by atoms with Gasteiger partial charge in [-0.15, -0.1) is 0 Å². The molecule has 0 saturated heterocycles. The molecule has 0 aliphatic heterocycles. The second-order valence-electron chi connectivity index (χ2n) is 25.6. The first-order chi connectivity index (χ1) is 48.3. The Hall–Kier alpha value is -12.2. The normalized spacial score (nSPS) is 14.7. The van der Waals surface area contributed by atoms with E-state index >= 15 is 0 Å². The lowest BCUT2D eigenvalue weighted by Gasteiger charge is -2.35. The van der Waals surface area contributed by atoms with Crippen molar-refractivity contribution in [2.75, 3.05) is 9.80 Å². The highest BCUT2D eigenvalue weighted by Crippen LogP contribution is 2.60. The Kier molecular flexibility index (Phi) is 16.0. The van der Waals surface area contributed by atoms with Gasteiger partial charge in [0.25, 0.3) is 0 Å². The molecule has 0 aromatic heterocycles. The van der Waals surface area contributed by atoms with Gasteiger partial charge in [-0.1, -0.05) is 268 Å². The first kappa shape index (κ1) is 60.7. The number of aryl methyl sites for hydroxylation is 2. The van der Waals surface area contributed by atoms with Gasteiger partial charge in [0.1, 0.15) is 24.7 Å². The highest BCUT2D eigenvalue weighted by atomic mass is 16.5. The standard InChI is InChI=1S/C94H72N2O2/c1-5-67-35-39-69(40-36-67)63-97-81-51-43-73(44-52-81)93(71-23-11-7-12-24-71)89-33-21-19-31-85(89)87-57-49-79(61-91(87)93)95(75-27-15-9-16-28-75)77-47-55-83(65(3)59-77)84-56-48-78(60-66(84)4)96(76-29-17-10-18-30-76)80-50-58-88-86-32-20-22-34-90(86)94(92(88)62-80,72-25-13-8-14-26-72)74-45-53-82(54-46-74)98-64-70-41-37-68(6-2)38-42-70/h5-62H,1-2,63-64H2,3-4H3. The Labute approximate surface area is 575 Å². The van der Waals surface area contributed by atoms with Gasteiger partial charge >= 0.3 is 0 Å². The Bertz CT molecular complexity index is 4910. The van der Waals surface area contributed by atoms with Gasteiger partial charge in [-0.05, 0) is 222 Å². The second kappa shape index (κ2) is 25.8. The molecule has 4 heteroatoms. The fraction of sp³-hybridized carbons (Fsp3) is 0.0638. The minimum absolute atomic E-state index is 0.471. The number of hydrogen-bond donors (Lipinski definition) is 0. The van der Waals surface area contributed by atoms with E-state index in [0.717, 1.165) is 67.9 Å². The largest absolute Gasteiger partial charge is 0.489 e. The summed E-state index contributed by atoms with van der Waals surface area (Å²) < 4.78 is 12.9. The summed E-state index contributed by atoms with van der Waals surface area (Å²) in [6.07, 6.45) is 3.73. The van der Waals surface area contributed by atoms with E-state index in [-0.39, 0.29) is 0 Å². The highest BCUT2D eigenvalue weighted by Gasteiger charge is 2.48. The number of ether oxygens (including phenoxy) is 2. The van der Waals surface area contributed by atoms with Crippen LogP contribution in [-0.2, 0) is 24.0 Å². The van der Waals surface area contributed by atoms with Crippen LogP contribution in [0.25, 0.3) is 45.5 Å². The second-order valence-corrected chi connectivity index (χ2v) is 25.6. The van der Waals surface area contributed by atoms with Crippen LogP contribution in [0.3, 0.4) is 0 Å². The third-order valence-corrected chi connectivity index (χ3v) is 20.1. The molecule has 0 amide bonds. The summed E-state index contributed by atoms with van der Waals surface area (Å²) in [7, 11) is 0. The molecule has 4 nitrogen and oxygen atoms in total. The molecule has 0 heterocycles. The minimum Gasteiger partial charge on any atom is -0.489 e. The van der Waals surface area contributed by atoms with Crippen LogP contribution in [0, 0.1) is 13.8 Å². The molecule has 2 aliphatic rings. The van der Waals surface area contributed by atoms with E-state index in [1.54, 1.807) is 0 Å². The SMILES string of the molecule is C=Cc1ccc(COc2ccc(C3(c4ccccc4)c4ccccc4-c4ccc(N(c5ccccc5)c5ccc(-c6ccc(N(c7ccccc7)c7ccc8c(c7)C(c7ccccc7)(c7ccc(OCc9ccc(C=C)cc9)cc7)c7ccccc7-8)cc6C)c(C)c5)cc43)cc2)cc1. The fourth-order valence-corrected chi connectivity index (χ4v) is 15.4. The van der Waals surface area contributed by atoms with Crippen molar-refractivity contribution in [2.24, 2.45) is 0 Å². The van der Waals surface area contributed by atoms with Gasteiger partial charge in [0, 0.05) is 34.1 Å². The summed E-state index contributed by atoms with van der Waals surface area (Å²) in [5.74, 6) is 1.64. The summed E-state index contributed by atoms with van der Waals surface area (Å²) >= 11 is 0. The summed E-state index contributed by atoms with van der Waals surface area (Å²) in [4.78, 5) is 4.83. The zero-order valence-electron chi connectivity index (χ0n) is 55.0. The minimum atomic E-state index is -0.632. The number of para-hydroxylation sites is 2. The summed E-state index contributed by atoms with van der Waals surface area (Å²) in [5.41, 5.74) is 28.9. The maximum Gasteiger partial charge on any atom is 0.119 e. The van der Waals surface area contributed by atoms with Crippen LogP contribution in [0.4, 0.5) is 34.1 Å². The van der Waals surface area contributed by atoms with Crippen LogP contribution in [-0.4, -0.2) is 0 Å². The van der Waals surface area contributed by atoms with Gasteiger partial charge in [-0.2, -0.15) is 0 Å². The summed E-state index contributed by atoms with van der Waals surface area (Å²) in [6.45, 7) is 13.3. The van der Waals surface area contributed by atoms with Crippen LogP contribution in [0.2, 0.25) is 0 Å². The van der Waals surface area contributed by atoms with Crippen LogP contribution < -0.4 is 19.3 Å². The first-order valence-electron chi connectivity index (χ1n) is 33.7. The lowest BCUT2D eigenvalue weighted by molar-refractivity contribution is 0.306. The number of hydrogen-bond acceptors (Lipinski definition) is 4. The number of fused-ring (bicyclic) bond motifs is 6. The molecule has 2 unspecified atom stereocenters. The Morgan fingerprint density at radius 2 is 0.582 bits per heavy atom. The van der Waals surface area contributed by atoms with E-state index in [4.69, 9.17) is 9.47 Å². The van der Waals surface area contributed by atoms with E-state index in [1.807, 2.05) is 12.2 Å². The first-order valence-corrected chi connectivity index (χ1v) is 33.7. The van der Waals surface area contributed by atoms with E-state index in [0.29, 0.717) is 13.2 Å². The molecule has 16 rings (SSSR count). The Morgan fingerprint density at radius 3 is 0.939 bits per heavy atom. The van der Waals surface area contributed by atoms with Crippen molar-refractivity contribution < 1.29 is 9.47 Å². The van der Waals surface area contributed by atoms with Gasteiger partial charge < -0.3 is 19.3 Å². The molecule has 0 radical (unpaired) electrons. The van der Waals surface area contributed by atoms with Crippen molar-refractivity contribution in [3.63, 3.8) is 0 Å². The lowest BCUT2D eigenvalue weighted by Crippen LogP contribution is -2.28. The maximum atomic E-state index is 6.44. The zero-order valence-corrected chi connectivity index (χ0v) is 55.0. The van der Waals surface area contributed by atoms with Gasteiger partial charge in [-0.3, -0.25) is 0 Å². The van der Waals surface area contributed by atoms with Crippen molar-refractivity contribution in [3.8, 4) is 44.9 Å². The topological polar surface area (TPSA) is 24.9 Å². The van der Waals surface area contributed by atoms with Crippen LogP contribution in [0.15, 0.2) is 353 Å². The van der Waals surface area contributed by atoms with E-state index in [9.17, 15) is 0 Å². The van der Waals surface area contributed by atoms with E-state index in [1.165, 1.54) is 89.0 Å². The van der Waals surface area contributed by atoms with Crippen molar-refractivity contribution in [1.82, 2.24) is 0 Å². The summed E-state index contributed by atoms with van der Waals surface area (Å²) in [6, 6.07) is 124. The molecular weight excluding hydrogens is 1190 g/mol. The summed E-state index contributed by atoms with van der Waals surface area (Å²) in [5, 5.41) is 0. The number of rotatable bonds is 19. The lowest BCUT2D eigenvalue weighted by atomic mass is 9.67. The molecule has 98 heavy (non-hydrogen) atoms. The van der Waals surface area contributed by atoms with Crippen molar-refractivity contribution in [2.45, 2.75) is 37.9 Å². The van der Waals surface area contributed by atoms with Gasteiger partial charge in [0.2, 0.25) is 0 Å². The van der Waals surface area contributed by atoms with Crippen LogP contribution in [0.1, 0.15) is 77.9 Å². The number of benzene rings is 14. The molecule has 0 spiro atoms. The average molecular weight is 1260 g/mol. The molecular formula is C94H72N2O2. The molecule has 14 aromatic rings. The van der Waals surface area contributed by atoms with Crippen LogP contribution >= 0.6 is 0 Å². The average Bonchev–Trinajstić information content (AvgIpc) is 1.53. The molecule has 0 fully saturated rings. The molecule has 14 aromatic carbocycles. The van der Waals surface area contributed by atoms with Crippen molar-refractivity contribution in [3.05, 3.63) is 431 Å². The Morgan fingerprint density at radius 1 is 0.276 bits per heavy atom.